The van der Waals surface area contributed by atoms with Crippen LogP contribution in [0.15, 0.2) is 71.8 Å². The minimum absolute atomic E-state index is 0.277. The summed E-state index contributed by atoms with van der Waals surface area (Å²) in [6, 6.07) is 21.5. The summed E-state index contributed by atoms with van der Waals surface area (Å²) in [5.74, 6) is -0.482. The molecule has 0 aliphatic rings. The monoisotopic (exact) mass is 460 g/mol. The van der Waals surface area contributed by atoms with Crippen LogP contribution < -0.4 is 15.5 Å². The van der Waals surface area contributed by atoms with Crippen molar-refractivity contribution >= 4 is 35.3 Å². The van der Waals surface area contributed by atoms with E-state index in [-0.39, 0.29) is 13.0 Å². The van der Waals surface area contributed by atoms with Crippen LogP contribution in [0.3, 0.4) is 0 Å². The topological polar surface area (TPSA) is 104 Å². The van der Waals surface area contributed by atoms with Crippen molar-refractivity contribution in [2.24, 2.45) is 5.10 Å². The molecule has 0 aromatic heterocycles. The summed E-state index contributed by atoms with van der Waals surface area (Å²) in [6.45, 7) is 2.14. The van der Waals surface area contributed by atoms with E-state index in [1.54, 1.807) is 42.5 Å². The van der Waals surface area contributed by atoms with Crippen LogP contribution in [0, 0.1) is 18.3 Å². The number of carbonyl (C=O) groups is 2. The summed E-state index contributed by atoms with van der Waals surface area (Å²) >= 11 is 6.08. The van der Waals surface area contributed by atoms with E-state index in [1.807, 2.05) is 31.2 Å². The van der Waals surface area contributed by atoms with E-state index in [4.69, 9.17) is 21.6 Å². The molecule has 0 saturated carbocycles. The van der Waals surface area contributed by atoms with Crippen molar-refractivity contribution in [3.05, 3.63) is 94.0 Å². The standard InChI is InChI=1S/C25H21ClN4O3/c1-17-4-2-3-5-22(17)29-24(31)13-25(32)30-28-15-20-12-21(26)10-11-23(20)33-16-19-8-6-18(14-27)7-9-19/h2-12,15H,13,16H2,1H3,(H,29,31)(H,30,32). The van der Waals surface area contributed by atoms with Gasteiger partial charge in [-0.1, -0.05) is 41.9 Å². The van der Waals surface area contributed by atoms with E-state index < -0.39 is 11.8 Å². The van der Waals surface area contributed by atoms with Crippen LogP contribution in [-0.2, 0) is 16.2 Å². The molecule has 0 aliphatic carbocycles. The fraction of sp³-hybridized carbons (Fsp3) is 0.120. The zero-order chi connectivity index (χ0) is 23.6. The quantitative estimate of drug-likeness (QED) is 0.291. The number of nitriles is 1. The number of aryl methyl sites for hydroxylation is 1. The predicted octanol–water partition coefficient (Wildman–Crippen LogP) is 4.58. The highest BCUT2D eigenvalue weighted by Gasteiger charge is 2.10. The number of amides is 2. The Morgan fingerprint density at radius 1 is 1.09 bits per heavy atom. The first-order valence-electron chi connectivity index (χ1n) is 10.0. The molecule has 0 bridgehead atoms. The van der Waals surface area contributed by atoms with Crippen molar-refractivity contribution < 1.29 is 14.3 Å². The summed E-state index contributed by atoms with van der Waals surface area (Å²) in [5.41, 5.74) is 5.91. The van der Waals surface area contributed by atoms with Gasteiger partial charge in [0.25, 0.3) is 0 Å². The van der Waals surface area contributed by atoms with Crippen LogP contribution in [0.5, 0.6) is 5.75 Å². The Hall–Kier alpha value is -4.15. The Bertz CT molecular complexity index is 1220. The predicted molar refractivity (Wildman–Crippen MR) is 127 cm³/mol. The zero-order valence-corrected chi connectivity index (χ0v) is 18.6. The first-order chi connectivity index (χ1) is 15.9. The van der Waals surface area contributed by atoms with Gasteiger partial charge in [-0.05, 0) is 54.4 Å². The van der Waals surface area contributed by atoms with Crippen molar-refractivity contribution in [3.8, 4) is 11.8 Å². The molecule has 0 saturated heterocycles. The molecule has 2 amide bonds. The maximum absolute atomic E-state index is 12.1. The molecule has 0 atom stereocenters. The van der Waals surface area contributed by atoms with Crippen molar-refractivity contribution in [1.29, 1.82) is 5.26 Å². The minimum Gasteiger partial charge on any atom is -0.488 e. The van der Waals surface area contributed by atoms with Gasteiger partial charge in [0.2, 0.25) is 11.8 Å². The molecule has 8 heteroatoms. The van der Waals surface area contributed by atoms with Crippen LogP contribution in [-0.4, -0.2) is 18.0 Å². The van der Waals surface area contributed by atoms with Gasteiger partial charge < -0.3 is 10.1 Å². The lowest BCUT2D eigenvalue weighted by atomic mass is 10.1. The van der Waals surface area contributed by atoms with Gasteiger partial charge in [0, 0.05) is 16.3 Å². The molecular formula is C25H21ClN4O3. The average Bonchev–Trinajstić information content (AvgIpc) is 2.80. The van der Waals surface area contributed by atoms with Crippen molar-refractivity contribution in [2.75, 3.05) is 5.32 Å². The summed E-state index contributed by atoms with van der Waals surface area (Å²) in [4.78, 5) is 24.2. The second kappa shape index (κ2) is 11.5. The maximum Gasteiger partial charge on any atom is 0.249 e. The highest BCUT2D eigenvalue weighted by molar-refractivity contribution is 6.30. The highest BCUT2D eigenvalue weighted by atomic mass is 35.5. The number of nitrogens with one attached hydrogen (secondary N) is 2. The molecule has 3 rings (SSSR count). The molecule has 0 aliphatic heterocycles. The van der Waals surface area contributed by atoms with Crippen LogP contribution in [0.2, 0.25) is 5.02 Å². The molecule has 3 aromatic carbocycles. The van der Waals surface area contributed by atoms with Crippen molar-refractivity contribution in [2.45, 2.75) is 20.0 Å². The van der Waals surface area contributed by atoms with Crippen LogP contribution >= 0.6 is 11.6 Å². The van der Waals surface area contributed by atoms with Gasteiger partial charge in [0.05, 0.1) is 17.8 Å². The highest BCUT2D eigenvalue weighted by Crippen LogP contribution is 2.22. The smallest absolute Gasteiger partial charge is 0.249 e. The van der Waals surface area contributed by atoms with Crippen LogP contribution in [0.25, 0.3) is 0 Å². The maximum atomic E-state index is 12.1. The van der Waals surface area contributed by atoms with Crippen molar-refractivity contribution in [3.63, 3.8) is 0 Å². The van der Waals surface area contributed by atoms with Gasteiger partial charge in [-0.3, -0.25) is 9.59 Å². The Morgan fingerprint density at radius 3 is 2.58 bits per heavy atom. The Morgan fingerprint density at radius 2 is 1.85 bits per heavy atom. The largest absolute Gasteiger partial charge is 0.488 e. The molecule has 0 heterocycles. The van der Waals surface area contributed by atoms with E-state index in [9.17, 15) is 9.59 Å². The molecule has 0 fully saturated rings. The van der Waals surface area contributed by atoms with Gasteiger partial charge in [-0.25, -0.2) is 5.43 Å². The lowest BCUT2D eigenvalue weighted by Crippen LogP contribution is -2.24. The van der Waals surface area contributed by atoms with E-state index >= 15 is 0 Å². The van der Waals surface area contributed by atoms with E-state index in [0.29, 0.717) is 27.6 Å². The van der Waals surface area contributed by atoms with Gasteiger partial charge in [-0.2, -0.15) is 10.4 Å². The number of hydrogen-bond acceptors (Lipinski definition) is 5. The van der Waals surface area contributed by atoms with Crippen LogP contribution in [0.1, 0.15) is 28.7 Å². The minimum atomic E-state index is -0.556. The number of para-hydroxylation sites is 1. The fourth-order valence-electron chi connectivity index (χ4n) is 2.85. The first-order valence-corrected chi connectivity index (χ1v) is 10.4. The third-order valence-electron chi connectivity index (χ3n) is 4.58. The number of rotatable bonds is 8. The number of anilines is 1. The molecule has 0 radical (unpaired) electrons. The number of benzene rings is 3. The molecule has 7 nitrogen and oxygen atoms in total. The number of ether oxygens (including phenoxy) is 1. The SMILES string of the molecule is Cc1ccccc1NC(=O)CC(=O)NN=Cc1cc(Cl)ccc1OCc1ccc(C#N)cc1. The molecule has 3 aromatic rings. The van der Waals surface area contributed by atoms with Gasteiger partial charge in [-0.15, -0.1) is 0 Å². The van der Waals surface area contributed by atoms with Gasteiger partial charge in [0.15, 0.2) is 0 Å². The summed E-state index contributed by atoms with van der Waals surface area (Å²) in [5, 5.41) is 16.0. The molecule has 166 valence electrons. The molecule has 2 N–H and O–H groups in total. The number of hydrazone groups is 1. The molecule has 0 spiro atoms. The lowest BCUT2D eigenvalue weighted by Gasteiger charge is -2.10. The Balaban J connectivity index is 1.56. The number of halogens is 1. The summed E-state index contributed by atoms with van der Waals surface area (Å²) in [6.07, 6.45) is 1.03. The third kappa shape index (κ3) is 7.20. The third-order valence-corrected chi connectivity index (χ3v) is 4.82. The number of hydrogen-bond donors (Lipinski definition) is 2. The zero-order valence-electron chi connectivity index (χ0n) is 17.8. The first kappa shape index (κ1) is 23.5. The van der Waals surface area contributed by atoms with E-state index in [0.717, 1.165) is 11.1 Å². The Labute approximate surface area is 196 Å². The van der Waals surface area contributed by atoms with Gasteiger partial charge >= 0.3 is 0 Å². The van der Waals surface area contributed by atoms with Crippen LogP contribution in [0.4, 0.5) is 5.69 Å². The second-order valence-corrected chi connectivity index (χ2v) is 7.55. The fourth-order valence-corrected chi connectivity index (χ4v) is 3.04. The molecular weight excluding hydrogens is 440 g/mol. The molecule has 33 heavy (non-hydrogen) atoms. The van der Waals surface area contributed by atoms with E-state index in [2.05, 4.69) is 21.9 Å². The summed E-state index contributed by atoms with van der Waals surface area (Å²) in [7, 11) is 0. The van der Waals surface area contributed by atoms with Gasteiger partial charge in [0.1, 0.15) is 18.8 Å². The normalized spacial score (nSPS) is 10.5. The average molecular weight is 461 g/mol. The number of carbonyl (C=O) groups excluding carboxylic acids is 2. The summed E-state index contributed by atoms with van der Waals surface area (Å²) < 4.78 is 5.84. The second-order valence-electron chi connectivity index (χ2n) is 7.11. The van der Waals surface area contributed by atoms with E-state index in [1.165, 1.54) is 6.21 Å². The Kier molecular flexibility index (Phi) is 8.17. The lowest BCUT2D eigenvalue weighted by molar-refractivity contribution is -0.126. The molecule has 0 unspecified atom stereocenters. The van der Waals surface area contributed by atoms with Crippen molar-refractivity contribution in [1.82, 2.24) is 5.43 Å². The number of nitrogens with zero attached hydrogens (tertiary/aromatic N) is 2.